The molecule has 0 bridgehead atoms. The number of carbonyl (C=O) groups is 2. The van der Waals surface area contributed by atoms with Crippen LogP contribution >= 0.6 is 0 Å². The molecule has 1 heterocycles. The highest BCUT2D eigenvalue weighted by molar-refractivity contribution is 5.80. The molecule has 1 aromatic rings. The van der Waals surface area contributed by atoms with Gasteiger partial charge in [0.2, 0.25) is 5.91 Å². The second kappa shape index (κ2) is 7.46. The summed E-state index contributed by atoms with van der Waals surface area (Å²) in [5.74, 6) is 0.881. The van der Waals surface area contributed by atoms with Gasteiger partial charge in [-0.1, -0.05) is 12.1 Å². The second-order valence-corrected chi connectivity index (χ2v) is 6.17. The SMILES string of the molecule is O=C(COc1ccc(CCNC(=O)C2CNC2)cc1)NC1CC1. The Hall–Kier alpha value is -2.08. The number of ether oxygens (including phenoxy) is 1. The van der Waals surface area contributed by atoms with E-state index in [2.05, 4.69) is 16.0 Å². The third kappa shape index (κ3) is 4.96. The van der Waals surface area contributed by atoms with Crippen molar-refractivity contribution in [3.05, 3.63) is 29.8 Å². The summed E-state index contributed by atoms with van der Waals surface area (Å²) in [5.41, 5.74) is 1.13. The third-order valence-corrected chi connectivity index (χ3v) is 4.10. The molecule has 23 heavy (non-hydrogen) atoms. The maximum Gasteiger partial charge on any atom is 0.258 e. The average Bonchev–Trinajstić information content (AvgIpc) is 3.28. The van der Waals surface area contributed by atoms with Gasteiger partial charge in [-0.25, -0.2) is 0 Å². The van der Waals surface area contributed by atoms with Crippen molar-refractivity contribution in [3.8, 4) is 5.75 Å². The van der Waals surface area contributed by atoms with Gasteiger partial charge in [-0.15, -0.1) is 0 Å². The van der Waals surface area contributed by atoms with E-state index in [1.54, 1.807) is 0 Å². The molecule has 1 aromatic carbocycles. The van der Waals surface area contributed by atoms with Crippen LogP contribution in [-0.4, -0.2) is 44.1 Å². The molecule has 2 aliphatic rings. The van der Waals surface area contributed by atoms with Crippen molar-refractivity contribution in [3.63, 3.8) is 0 Å². The van der Waals surface area contributed by atoms with Crippen molar-refractivity contribution in [2.45, 2.75) is 25.3 Å². The predicted octanol–water partition coefficient (Wildman–Crippen LogP) is 0.222. The van der Waals surface area contributed by atoms with E-state index in [0.29, 0.717) is 18.3 Å². The van der Waals surface area contributed by atoms with Gasteiger partial charge in [0.05, 0.1) is 5.92 Å². The minimum atomic E-state index is -0.0650. The van der Waals surface area contributed by atoms with Crippen LogP contribution in [0.25, 0.3) is 0 Å². The van der Waals surface area contributed by atoms with Crippen LogP contribution in [0, 0.1) is 5.92 Å². The highest BCUT2D eigenvalue weighted by Gasteiger charge is 2.24. The van der Waals surface area contributed by atoms with Gasteiger partial charge in [-0.2, -0.15) is 0 Å². The summed E-state index contributed by atoms with van der Waals surface area (Å²) in [6.07, 6.45) is 2.94. The average molecular weight is 317 g/mol. The van der Waals surface area contributed by atoms with Crippen LogP contribution in [0.5, 0.6) is 5.75 Å². The molecule has 1 aliphatic heterocycles. The Morgan fingerprint density at radius 1 is 1.17 bits per heavy atom. The number of benzene rings is 1. The molecule has 6 heteroatoms. The summed E-state index contributed by atoms with van der Waals surface area (Å²) in [7, 11) is 0. The summed E-state index contributed by atoms with van der Waals surface area (Å²) < 4.78 is 5.46. The number of hydrogen-bond donors (Lipinski definition) is 3. The molecular formula is C17H23N3O3. The van der Waals surface area contributed by atoms with E-state index in [4.69, 9.17) is 4.74 Å². The van der Waals surface area contributed by atoms with Crippen LogP contribution in [-0.2, 0) is 16.0 Å². The van der Waals surface area contributed by atoms with Crippen molar-refractivity contribution in [2.75, 3.05) is 26.2 Å². The third-order valence-electron chi connectivity index (χ3n) is 4.10. The van der Waals surface area contributed by atoms with E-state index >= 15 is 0 Å². The summed E-state index contributed by atoms with van der Waals surface area (Å²) in [5, 5.41) is 8.92. The number of nitrogens with one attached hydrogen (secondary N) is 3. The highest BCUT2D eigenvalue weighted by Crippen LogP contribution is 2.18. The van der Waals surface area contributed by atoms with Gasteiger partial charge < -0.3 is 20.7 Å². The summed E-state index contributed by atoms with van der Waals surface area (Å²) in [6, 6.07) is 8.00. The largest absolute Gasteiger partial charge is 0.484 e. The first-order chi connectivity index (χ1) is 11.2. The molecule has 0 spiro atoms. The van der Waals surface area contributed by atoms with Crippen LogP contribution in [0.1, 0.15) is 18.4 Å². The fourth-order valence-corrected chi connectivity index (χ4v) is 2.35. The van der Waals surface area contributed by atoms with Crippen LogP contribution in [0.15, 0.2) is 24.3 Å². The molecule has 2 amide bonds. The first kappa shape index (κ1) is 15.8. The van der Waals surface area contributed by atoms with Gasteiger partial charge in [0, 0.05) is 25.7 Å². The van der Waals surface area contributed by atoms with E-state index < -0.39 is 0 Å². The van der Waals surface area contributed by atoms with E-state index in [9.17, 15) is 9.59 Å². The Bertz CT molecular complexity index is 551. The molecular weight excluding hydrogens is 294 g/mol. The van der Waals surface area contributed by atoms with Crippen molar-refractivity contribution in [1.29, 1.82) is 0 Å². The van der Waals surface area contributed by atoms with Gasteiger partial charge >= 0.3 is 0 Å². The molecule has 1 saturated carbocycles. The van der Waals surface area contributed by atoms with Crippen molar-refractivity contribution >= 4 is 11.8 Å². The van der Waals surface area contributed by atoms with E-state index in [0.717, 1.165) is 37.9 Å². The maximum absolute atomic E-state index is 11.7. The molecule has 0 aromatic heterocycles. The quantitative estimate of drug-likeness (QED) is 0.641. The standard InChI is InChI=1S/C17H23N3O3/c21-16(20-14-3-4-14)11-23-15-5-1-12(2-6-15)7-8-19-17(22)13-9-18-10-13/h1-2,5-6,13-14,18H,3-4,7-11H2,(H,19,22)(H,20,21). The van der Waals surface area contributed by atoms with Crippen LogP contribution < -0.4 is 20.7 Å². The molecule has 0 atom stereocenters. The van der Waals surface area contributed by atoms with E-state index in [1.807, 2.05) is 24.3 Å². The lowest BCUT2D eigenvalue weighted by Gasteiger charge is -2.25. The lowest BCUT2D eigenvalue weighted by Crippen LogP contribution is -2.51. The monoisotopic (exact) mass is 317 g/mol. The van der Waals surface area contributed by atoms with Gasteiger partial charge in [-0.3, -0.25) is 9.59 Å². The molecule has 6 nitrogen and oxygen atoms in total. The van der Waals surface area contributed by atoms with Crippen LogP contribution in [0.2, 0.25) is 0 Å². The Morgan fingerprint density at radius 2 is 1.91 bits per heavy atom. The topological polar surface area (TPSA) is 79.5 Å². The Kier molecular flexibility index (Phi) is 5.12. The summed E-state index contributed by atoms with van der Waals surface area (Å²) in [4.78, 5) is 23.2. The molecule has 2 fully saturated rings. The lowest BCUT2D eigenvalue weighted by molar-refractivity contribution is -0.126. The number of carbonyl (C=O) groups excluding carboxylic acids is 2. The normalized spacial score (nSPS) is 17.2. The molecule has 124 valence electrons. The first-order valence-electron chi connectivity index (χ1n) is 8.20. The second-order valence-electron chi connectivity index (χ2n) is 6.17. The Balaban J connectivity index is 1.34. The van der Waals surface area contributed by atoms with Gasteiger partial charge in [0.25, 0.3) is 5.91 Å². The fourth-order valence-electron chi connectivity index (χ4n) is 2.35. The zero-order chi connectivity index (χ0) is 16.1. The Labute approximate surface area is 136 Å². The number of hydrogen-bond acceptors (Lipinski definition) is 4. The van der Waals surface area contributed by atoms with Crippen molar-refractivity contribution < 1.29 is 14.3 Å². The minimum absolute atomic E-state index is 0.0569. The molecule has 1 aliphatic carbocycles. The molecule has 3 rings (SSSR count). The zero-order valence-electron chi connectivity index (χ0n) is 13.1. The number of rotatable bonds is 8. The van der Waals surface area contributed by atoms with Crippen LogP contribution in [0.4, 0.5) is 0 Å². The maximum atomic E-state index is 11.7. The van der Waals surface area contributed by atoms with Gasteiger partial charge in [-0.05, 0) is 37.0 Å². The first-order valence-corrected chi connectivity index (χ1v) is 8.20. The Morgan fingerprint density at radius 3 is 2.52 bits per heavy atom. The molecule has 0 unspecified atom stereocenters. The smallest absolute Gasteiger partial charge is 0.258 e. The molecule has 3 N–H and O–H groups in total. The predicted molar refractivity (Wildman–Crippen MR) is 86.2 cm³/mol. The van der Waals surface area contributed by atoms with Gasteiger partial charge in [0.15, 0.2) is 6.61 Å². The highest BCUT2D eigenvalue weighted by atomic mass is 16.5. The number of amides is 2. The van der Waals surface area contributed by atoms with Crippen molar-refractivity contribution in [1.82, 2.24) is 16.0 Å². The minimum Gasteiger partial charge on any atom is -0.484 e. The van der Waals surface area contributed by atoms with Gasteiger partial charge in [0.1, 0.15) is 5.75 Å². The fraction of sp³-hybridized carbons (Fsp3) is 0.529. The van der Waals surface area contributed by atoms with Crippen LogP contribution in [0.3, 0.4) is 0 Å². The summed E-state index contributed by atoms with van der Waals surface area (Å²) in [6.45, 7) is 2.26. The molecule has 0 radical (unpaired) electrons. The summed E-state index contributed by atoms with van der Waals surface area (Å²) >= 11 is 0. The lowest BCUT2D eigenvalue weighted by atomic mass is 10.0. The van der Waals surface area contributed by atoms with Crippen molar-refractivity contribution in [2.24, 2.45) is 5.92 Å². The zero-order valence-corrected chi connectivity index (χ0v) is 13.1. The molecule has 1 saturated heterocycles. The van der Waals surface area contributed by atoms with E-state index in [1.165, 1.54) is 0 Å². The van der Waals surface area contributed by atoms with E-state index in [-0.39, 0.29) is 24.3 Å².